The van der Waals surface area contributed by atoms with Crippen molar-refractivity contribution in [1.82, 2.24) is 4.98 Å². The van der Waals surface area contributed by atoms with Gasteiger partial charge in [0.2, 0.25) is 5.91 Å². The predicted octanol–water partition coefficient (Wildman–Crippen LogP) is 8.36. The molecule has 0 spiro atoms. The van der Waals surface area contributed by atoms with Gasteiger partial charge in [-0.05, 0) is 97.7 Å². The fourth-order valence-corrected chi connectivity index (χ4v) is 4.97. The van der Waals surface area contributed by atoms with E-state index in [0.29, 0.717) is 12.5 Å². The van der Waals surface area contributed by atoms with Gasteiger partial charge < -0.3 is 20.1 Å². The minimum Gasteiger partial charge on any atom is -0.495 e. The third-order valence-electron chi connectivity index (χ3n) is 7.17. The molecule has 1 aliphatic rings. The second-order valence-corrected chi connectivity index (χ2v) is 10.6. The number of benzene rings is 3. The molecule has 0 radical (unpaired) electrons. The molecule has 3 aromatic carbocycles. The quantitative estimate of drug-likeness (QED) is 0.187. The summed E-state index contributed by atoms with van der Waals surface area (Å²) < 4.78 is 11.4. The Hall–Kier alpha value is -4.03. The highest BCUT2D eigenvalue weighted by Gasteiger charge is 2.19. The normalized spacial score (nSPS) is 12.6. The number of nitrogens with one attached hydrogen (secondary N) is 2. The van der Waals surface area contributed by atoms with Crippen molar-refractivity contribution in [3.63, 3.8) is 0 Å². The summed E-state index contributed by atoms with van der Waals surface area (Å²) in [5, 5.41) is 7.63. The van der Waals surface area contributed by atoms with E-state index in [2.05, 4.69) is 24.5 Å². The maximum atomic E-state index is 12.8. The summed E-state index contributed by atoms with van der Waals surface area (Å²) in [6, 6.07) is 21.6. The fraction of sp³-hybridized carbons (Fsp3) is 0.294. The molecule has 5 rings (SSSR count). The predicted molar refractivity (Wildman–Crippen MR) is 171 cm³/mol. The number of carbonyl (C=O) groups is 1. The van der Waals surface area contributed by atoms with E-state index in [1.165, 1.54) is 5.56 Å². The van der Waals surface area contributed by atoms with Gasteiger partial charge in [-0.3, -0.25) is 9.78 Å². The zero-order chi connectivity index (χ0) is 27.9. The second kappa shape index (κ2) is 14.0. The van der Waals surface area contributed by atoms with Crippen molar-refractivity contribution in [3.8, 4) is 11.5 Å². The fourth-order valence-electron chi connectivity index (χ4n) is 4.97. The van der Waals surface area contributed by atoms with Gasteiger partial charge in [-0.2, -0.15) is 0 Å². The molecule has 1 aliphatic carbocycles. The van der Waals surface area contributed by atoms with Crippen LogP contribution in [0, 0.1) is 5.92 Å². The first-order chi connectivity index (χ1) is 19.5. The Morgan fingerprint density at radius 2 is 1.80 bits per heavy atom. The van der Waals surface area contributed by atoms with Gasteiger partial charge in [-0.25, -0.2) is 0 Å². The molecule has 0 saturated heterocycles. The van der Waals surface area contributed by atoms with Crippen molar-refractivity contribution >= 4 is 52.4 Å². The zero-order valence-electron chi connectivity index (χ0n) is 23.9. The van der Waals surface area contributed by atoms with Crippen LogP contribution in [0.15, 0.2) is 72.8 Å². The first kappa shape index (κ1) is 29.9. The molecule has 0 saturated carbocycles. The summed E-state index contributed by atoms with van der Waals surface area (Å²) in [6.45, 7) is 5.07. The van der Waals surface area contributed by atoms with Crippen LogP contribution in [0.1, 0.15) is 49.9 Å². The Balaban J connectivity index is 0.00000387. The number of aryl methyl sites for hydroxylation is 1. The number of rotatable bonds is 10. The van der Waals surface area contributed by atoms with Crippen LogP contribution in [0.5, 0.6) is 11.5 Å². The van der Waals surface area contributed by atoms with Crippen molar-refractivity contribution < 1.29 is 14.3 Å². The average Bonchev–Trinajstić information content (AvgIpc) is 2.97. The molecule has 1 aromatic heterocycles. The number of pyridine rings is 1. The van der Waals surface area contributed by atoms with E-state index in [1.54, 1.807) is 19.3 Å². The maximum Gasteiger partial charge on any atom is 0.248 e. The summed E-state index contributed by atoms with van der Waals surface area (Å²) in [5.74, 6) is 2.04. The minimum atomic E-state index is -0.193. The lowest BCUT2D eigenvalue weighted by molar-refractivity contribution is -0.111. The van der Waals surface area contributed by atoms with Crippen LogP contribution in [0.4, 0.5) is 17.1 Å². The summed E-state index contributed by atoms with van der Waals surface area (Å²) in [6.07, 6.45) is 8.60. The number of para-hydroxylation sites is 2. The molecule has 7 heteroatoms. The molecule has 1 heterocycles. The largest absolute Gasteiger partial charge is 0.495 e. The van der Waals surface area contributed by atoms with Crippen molar-refractivity contribution in [2.75, 3.05) is 24.4 Å². The molecular weight excluding hydrogens is 534 g/mol. The smallest absolute Gasteiger partial charge is 0.248 e. The zero-order valence-corrected chi connectivity index (χ0v) is 24.7. The van der Waals surface area contributed by atoms with E-state index in [4.69, 9.17) is 14.5 Å². The molecule has 0 fully saturated rings. The number of anilines is 3. The maximum absolute atomic E-state index is 12.8. The molecule has 0 aliphatic heterocycles. The highest BCUT2D eigenvalue weighted by atomic mass is 35.5. The van der Waals surface area contributed by atoms with Gasteiger partial charge in [0.1, 0.15) is 11.5 Å². The van der Waals surface area contributed by atoms with Crippen LogP contribution in [0.3, 0.4) is 0 Å². The number of nitrogens with zero attached hydrogens (tertiary/aromatic N) is 1. The number of aromatic nitrogens is 1. The van der Waals surface area contributed by atoms with E-state index in [-0.39, 0.29) is 18.3 Å². The van der Waals surface area contributed by atoms with Crippen LogP contribution in [-0.2, 0) is 17.6 Å². The number of hydrogen-bond donors (Lipinski definition) is 2. The lowest BCUT2D eigenvalue weighted by atomic mass is 9.92. The van der Waals surface area contributed by atoms with Crippen LogP contribution in [0.2, 0.25) is 0 Å². The summed E-state index contributed by atoms with van der Waals surface area (Å²) in [5.41, 5.74) is 6.88. The van der Waals surface area contributed by atoms with Crippen molar-refractivity contribution in [3.05, 3.63) is 89.6 Å². The first-order valence-corrected chi connectivity index (χ1v) is 14.1. The third kappa shape index (κ3) is 7.59. The number of hydrogen-bond acceptors (Lipinski definition) is 5. The number of methoxy groups -OCH3 is 1. The monoisotopic (exact) mass is 571 g/mol. The van der Waals surface area contributed by atoms with Gasteiger partial charge in [0.05, 0.1) is 30.6 Å². The van der Waals surface area contributed by atoms with Crippen LogP contribution in [0.25, 0.3) is 17.0 Å². The van der Waals surface area contributed by atoms with E-state index in [9.17, 15) is 4.79 Å². The van der Waals surface area contributed by atoms with Gasteiger partial charge in [-0.15, -0.1) is 12.4 Å². The number of halogens is 1. The summed E-state index contributed by atoms with van der Waals surface area (Å²) in [4.78, 5) is 17.8. The van der Waals surface area contributed by atoms with Crippen molar-refractivity contribution in [1.29, 1.82) is 0 Å². The van der Waals surface area contributed by atoms with Crippen LogP contribution >= 0.6 is 12.4 Å². The number of ether oxygens (including phenoxy) is 2. The standard InChI is InChI=1S/C34H37N3O3.ClH/c1-23(2)20-21-40-26-16-12-24(13-17-26)14-19-33(38)35-25-15-18-30-28(22-25)34(27-8-4-5-9-29(27)36-30)37-31-10-6-7-11-32(31)39-3;/h6-7,10-19,22-23H,4-5,8-9,20-21H2,1-3H3,(H,35,38)(H,36,37);1H. The van der Waals surface area contributed by atoms with E-state index in [0.717, 1.165) is 82.8 Å². The van der Waals surface area contributed by atoms with E-state index in [1.807, 2.05) is 66.7 Å². The number of fused-ring (bicyclic) bond motifs is 2. The van der Waals surface area contributed by atoms with Gasteiger partial charge in [0, 0.05) is 22.8 Å². The molecule has 0 unspecified atom stereocenters. The van der Waals surface area contributed by atoms with E-state index >= 15 is 0 Å². The lowest BCUT2D eigenvalue weighted by Gasteiger charge is -2.22. The molecule has 41 heavy (non-hydrogen) atoms. The Labute approximate surface area is 248 Å². The average molecular weight is 572 g/mol. The molecule has 1 amide bonds. The van der Waals surface area contributed by atoms with Crippen LogP contribution < -0.4 is 20.1 Å². The van der Waals surface area contributed by atoms with Gasteiger partial charge in [0.25, 0.3) is 0 Å². The van der Waals surface area contributed by atoms with Crippen molar-refractivity contribution in [2.24, 2.45) is 5.92 Å². The Bertz CT molecular complexity index is 1520. The highest BCUT2D eigenvalue weighted by molar-refractivity contribution is 6.04. The Morgan fingerprint density at radius 1 is 1.02 bits per heavy atom. The number of carbonyl (C=O) groups excluding carboxylic acids is 1. The third-order valence-corrected chi connectivity index (χ3v) is 7.17. The van der Waals surface area contributed by atoms with E-state index < -0.39 is 0 Å². The summed E-state index contributed by atoms with van der Waals surface area (Å²) in [7, 11) is 1.68. The van der Waals surface area contributed by atoms with Crippen molar-refractivity contribution in [2.45, 2.75) is 46.0 Å². The molecule has 214 valence electrons. The minimum absolute atomic E-state index is 0. The molecule has 6 nitrogen and oxygen atoms in total. The van der Waals surface area contributed by atoms with Gasteiger partial charge in [-0.1, -0.05) is 38.1 Å². The van der Waals surface area contributed by atoms with Gasteiger partial charge in [0.15, 0.2) is 0 Å². The SMILES string of the molecule is COc1ccccc1Nc1c2c(nc3ccc(NC(=O)C=Cc4ccc(OCCC(C)C)cc4)cc13)CCCC2.Cl. The molecule has 0 atom stereocenters. The number of amides is 1. The Morgan fingerprint density at radius 3 is 2.59 bits per heavy atom. The first-order valence-electron chi connectivity index (χ1n) is 14.1. The summed E-state index contributed by atoms with van der Waals surface area (Å²) >= 11 is 0. The molecule has 0 bridgehead atoms. The van der Waals surface area contributed by atoms with Crippen LogP contribution in [-0.4, -0.2) is 24.6 Å². The highest BCUT2D eigenvalue weighted by Crippen LogP contribution is 2.38. The van der Waals surface area contributed by atoms with Gasteiger partial charge >= 0.3 is 0 Å². The Kier molecular flexibility index (Phi) is 10.3. The lowest BCUT2D eigenvalue weighted by Crippen LogP contribution is -2.11. The topological polar surface area (TPSA) is 72.5 Å². The molecule has 2 N–H and O–H groups in total. The molecular formula is C34H38ClN3O3. The molecule has 4 aromatic rings. The second-order valence-electron chi connectivity index (χ2n) is 10.6.